The number of aromatic nitrogens is 1. The average Bonchev–Trinajstić information content (AvgIpc) is 2.72. The summed E-state index contributed by atoms with van der Waals surface area (Å²) in [4.78, 5) is 18.3. The van der Waals surface area contributed by atoms with Crippen LogP contribution in [0.2, 0.25) is 0 Å². The van der Waals surface area contributed by atoms with E-state index in [4.69, 9.17) is 9.47 Å². The topological polar surface area (TPSA) is 51.7 Å². The van der Waals surface area contributed by atoms with Crippen LogP contribution < -0.4 is 4.74 Å². The molecule has 0 saturated heterocycles. The van der Waals surface area contributed by atoms with Gasteiger partial charge < -0.3 is 14.4 Å². The first kappa shape index (κ1) is 19.8. The minimum absolute atomic E-state index is 0.0222. The van der Waals surface area contributed by atoms with Gasteiger partial charge in [-0.1, -0.05) is 30.3 Å². The van der Waals surface area contributed by atoms with Crippen molar-refractivity contribution < 1.29 is 14.3 Å². The molecule has 5 nitrogen and oxygen atoms in total. The van der Waals surface area contributed by atoms with E-state index in [2.05, 4.69) is 11.1 Å². The summed E-state index contributed by atoms with van der Waals surface area (Å²) in [6.45, 7) is 2.86. The molecule has 28 heavy (non-hydrogen) atoms. The molecule has 1 heterocycles. The smallest absolute Gasteiger partial charge is 0.251 e. The minimum Gasteiger partial charge on any atom is -0.489 e. The molecule has 0 aliphatic rings. The molecule has 3 aromatic rings. The van der Waals surface area contributed by atoms with E-state index in [1.165, 1.54) is 0 Å². The van der Waals surface area contributed by atoms with Crippen molar-refractivity contribution in [2.45, 2.75) is 26.1 Å². The van der Waals surface area contributed by atoms with Gasteiger partial charge >= 0.3 is 0 Å². The molecule has 0 spiro atoms. The molecule has 0 aliphatic carbocycles. The summed E-state index contributed by atoms with van der Waals surface area (Å²) < 4.78 is 11.5. The molecule has 2 aromatic carbocycles. The number of rotatable bonds is 8. The molecule has 0 radical (unpaired) electrons. The fraction of sp³-hybridized carbons (Fsp3) is 0.304. The zero-order chi connectivity index (χ0) is 19.9. The summed E-state index contributed by atoms with van der Waals surface area (Å²) in [6, 6.07) is 17.9. The van der Waals surface area contributed by atoms with Crippen LogP contribution in [0, 0.1) is 0 Å². The SMILES string of the molecule is CCOC(Cc1ccc(OCc2cnc3ccccc3c2)cc1)C(=O)N(C)C. The third-order valence-corrected chi connectivity index (χ3v) is 4.48. The molecule has 0 saturated carbocycles. The van der Waals surface area contributed by atoms with Crippen molar-refractivity contribution in [2.24, 2.45) is 0 Å². The lowest BCUT2D eigenvalue weighted by Gasteiger charge is -2.20. The second-order valence-corrected chi connectivity index (χ2v) is 6.85. The maximum absolute atomic E-state index is 12.2. The summed E-state index contributed by atoms with van der Waals surface area (Å²) in [7, 11) is 3.49. The molecule has 3 rings (SSSR count). The Kier molecular flexibility index (Phi) is 6.61. The molecule has 1 amide bonds. The molecule has 1 atom stereocenters. The third-order valence-electron chi connectivity index (χ3n) is 4.48. The Balaban J connectivity index is 1.61. The first-order chi connectivity index (χ1) is 13.6. The first-order valence-electron chi connectivity index (χ1n) is 9.45. The van der Waals surface area contributed by atoms with Crippen molar-refractivity contribution in [3.8, 4) is 5.75 Å². The summed E-state index contributed by atoms with van der Waals surface area (Å²) in [5, 5.41) is 1.10. The lowest BCUT2D eigenvalue weighted by Crippen LogP contribution is -2.37. The van der Waals surface area contributed by atoms with Crippen LogP contribution in [0.25, 0.3) is 10.9 Å². The van der Waals surface area contributed by atoms with Gasteiger partial charge in [-0.25, -0.2) is 0 Å². The molecular formula is C23H26N2O3. The summed E-state index contributed by atoms with van der Waals surface area (Å²) >= 11 is 0. The summed E-state index contributed by atoms with van der Waals surface area (Å²) in [5.74, 6) is 0.759. The minimum atomic E-state index is -0.463. The summed E-state index contributed by atoms with van der Waals surface area (Å²) in [5.41, 5.74) is 3.04. The van der Waals surface area contributed by atoms with Crippen LogP contribution in [0.5, 0.6) is 5.75 Å². The van der Waals surface area contributed by atoms with E-state index < -0.39 is 6.10 Å². The van der Waals surface area contributed by atoms with Crippen molar-refractivity contribution in [2.75, 3.05) is 20.7 Å². The van der Waals surface area contributed by atoms with Crippen molar-refractivity contribution in [1.82, 2.24) is 9.88 Å². The van der Waals surface area contributed by atoms with Crippen molar-refractivity contribution >= 4 is 16.8 Å². The molecular weight excluding hydrogens is 352 g/mol. The number of amides is 1. The fourth-order valence-electron chi connectivity index (χ4n) is 3.00. The van der Waals surface area contributed by atoms with Crippen LogP contribution in [0.15, 0.2) is 60.8 Å². The Morgan fingerprint density at radius 3 is 2.54 bits per heavy atom. The highest BCUT2D eigenvalue weighted by atomic mass is 16.5. The van der Waals surface area contributed by atoms with E-state index in [-0.39, 0.29) is 5.91 Å². The van der Waals surface area contributed by atoms with E-state index in [9.17, 15) is 4.79 Å². The third kappa shape index (κ3) is 5.08. The monoisotopic (exact) mass is 378 g/mol. The van der Waals surface area contributed by atoms with Crippen molar-refractivity contribution in [1.29, 1.82) is 0 Å². The Bertz CT molecular complexity index is 923. The van der Waals surface area contributed by atoms with E-state index >= 15 is 0 Å². The maximum Gasteiger partial charge on any atom is 0.251 e. The predicted octanol–water partition coefficient (Wildman–Crippen LogP) is 3.85. The Morgan fingerprint density at radius 1 is 1.07 bits per heavy atom. The van der Waals surface area contributed by atoms with Gasteiger partial charge in [0.25, 0.3) is 5.91 Å². The number of ether oxygens (including phenoxy) is 2. The van der Waals surface area contributed by atoms with Gasteiger partial charge in [0, 0.05) is 44.3 Å². The van der Waals surface area contributed by atoms with E-state index in [1.807, 2.05) is 61.7 Å². The quantitative estimate of drug-likeness (QED) is 0.597. The Morgan fingerprint density at radius 2 is 1.82 bits per heavy atom. The highest BCUT2D eigenvalue weighted by molar-refractivity contribution is 5.80. The number of likely N-dealkylation sites (N-methyl/N-ethyl adjacent to an activating group) is 1. The first-order valence-corrected chi connectivity index (χ1v) is 9.45. The van der Waals surface area contributed by atoms with Crippen molar-refractivity contribution in [3.63, 3.8) is 0 Å². The second-order valence-electron chi connectivity index (χ2n) is 6.85. The van der Waals surface area contributed by atoms with Gasteiger partial charge in [-0.15, -0.1) is 0 Å². The molecule has 0 aliphatic heterocycles. The van der Waals surface area contributed by atoms with Gasteiger partial charge in [0.2, 0.25) is 0 Å². The number of nitrogens with zero attached hydrogens (tertiary/aromatic N) is 2. The van der Waals surface area contributed by atoms with Gasteiger partial charge in [-0.2, -0.15) is 0 Å². The fourth-order valence-corrected chi connectivity index (χ4v) is 3.00. The number of para-hydroxylation sites is 1. The molecule has 5 heteroatoms. The molecule has 1 unspecified atom stereocenters. The predicted molar refractivity (Wildman–Crippen MR) is 110 cm³/mol. The lowest BCUT2D eigenvalue weighted by molar-refractivity contribution is -0.140. The number of fused-ring (bicyclic) bond motifs is 1. The zero-order valence-corrected chi connectivity index (χ0v) is 16.6. The highest BCUT2D eigenvalue weighted by Crippen LogP contribution is 2.18. The average molecular weight is 378 g/mol. The van der Waals surface area contributed by atoms with Crippen molar-refractivity contribution in [3.05, 3.63) is 71.9 Å². The van der Waals surface area contributed by atoms with E-state index in [0.29, 0.717) is 19.6 Å². The maximum atomic E-state index is 12.2. The summed E-state index contributed by atoms with van der Waals surface area (Å²) in [6.07, 6.45) is 1.92. The van der Waals surface area contributed by atoms with Gasteiger partial charge in [0.1, 0.15) is 18.5 Å². The van der Waals surface area contributed by atoms with E-state index in [1.54, 1.807) is 19.0 Å². The van der Waals surface area contributed by atoms with Crippen LogP contribution in [0.4, 0.5) is 0 Å². The van der Waals surface area contributed by atoms with Crippen LogP contribution in [-0.2, 0) is 22.6 Å². The van der Waals surface area contributed by atoms with Gasteiger partial charge in [0.15, 0.2) is 0 Å². The standard InChI is InChI=1S/C23H26N2O3/c1-4-27-22(23(26)25(2)3)14-17-9-11-20(12-10-17)28-16-18-13-19-7-5-6-8-21(19)24-15-18/h5-13,15,22H,4,14,16H2,1-3H3. The van der Waals surface area contributed by atoms with Crippen LogP contribution in [0.1, 0.15) is 18.1 Å². The lowest BCUT2D eigenvalue weighted by atomic mass is 10.1. The molecule has 0 N–H and O–H groups in total. The number of pyridine rings is 1. The molecule has 1 aromatic heterocycles. The number of carbonyl (C=O) groups is 1. The van der Waals surface area contributed by atoms with Crippen LogP contribution in [-0.4, -0.2) is 42.6 Å². The van der Waals surface area contributed by atoms with Gasteiger partial charge in [-0.3, -0.25) is 9.78 Å². The van der Waals surface area contributed by atoms with Crippen LogP contribution >= 0.6 is 0 Å². The number of carbonyl (C=O) groups excluding carboxylic acids is 1. The van der Waals surface area contributed by atoms with Crippen LogP contribution in [0.3, 0.4) is 0 Å². The Hall–Kier alpha value is -2.92. The number of benzene rings is 2. The number of hydrogen-bond donors (Lipinski definition) is 0. The normalized spacial score (nSPS) is 12.0. The number of hydrogen-bond acceptors (Lipinski definition) is 4. The highest BCUT2D eigenvalue weighted by Gasteiger charge is 2.20. The second kappa shape index (κ2) is 9.33. The largest absolute Gasteiger partial charge is 0.489 e. The zero-order valence-electron chi connectivity index (χ0n) is 16.6. The van der Waals surface area contributed by atoms with E-state index in [0.717, 1.165) is 27.8 Å². The Labute approximate surface area is 165 Å². The molecule has 0 fully saturated rings. The molecule has 0 bridgehead atoms. The van der Waals surface area contributed by atoms with Gasteiger partial charge in [-0.05, 0) is 36.8 Å². The molecule has 146 valence electrons. The van der Waals surface area contributed by atoms with Gasteiger partial charge in [0.05, 0.1) is 5.52 Å².